The summed E-state index contributed by atoms with van der Waals surface area (Å²) in [5.74, 6) is -0.0256. The van der Waals surface area contributed by atoms with E-state index in [1.807, 2.05) is 43.3 Å². The SMILES string of the molecule is Cc1ccccc1C(=O)NCc1cccc(CBr)c1. The number of amides is 1. The van der Waals surface area contributed by atoms with Gasteiger partial charge in [0, 0.05) is 17.4 Å². The van der Waals surface area contributed by atoms with Crippen LogP contribution >= 0.6 is 15.9 Å². The van der Waals surface area contributed by atoms with E-state index in [9.17, 15) is 4.79 Å². The number of aryl methyl sites for hydroxylation is 1. The van der Waals surface area contributed by atoms with Crippen molar-refractivity contribution in [2.45, 2.75) is 18.8 Å². The summed E-state index contributed by atoms with van der Waals surface area (Å²) in [5.41, 5.74) is 4.05. The summed E-state index contributed by atoms with van der Waals surface area (Å²) in [6, 6.07) is 15.8. The minimum atomic E-state index is -0.0256. The third kappa shape index (κ3) is 3.67. The summed E-state index contributed by atoms with van der Waals surface area (Å²) in [7, 11) is 0. The molecule has 0 aliphatic carbocycles. The van der Waals surface area contributed by atoms with E-state index in [1.54, 1.807) is 0 Å². The lowest BCUT2D eigenvalue weighted by atomic mass is 10.1. The zero-order valence-electron chi connectivity index (χ0n) is 10.8. The molecule has 0 aromatic heterocycles. The van der Waals surface area contributed by atoms with Crippen molar-refractivity contribution in [1.29, 1.82) is 0 Å². The Balaban J connectivity index is 2.02. The van der Waals surface area contributed by atoms with Gasteiger partial charge in [-0.25, -0.2) is 0 Å². The Bertz CT molecular complexity index is 580. The number of rotatable bonds is 4. The summed E-state index contributed by atoms with van der Waals surface area (Å²) in [6.07, 6.45) is 0. The Hall–Kier alpha value is -1.61. The molecular formula is C16H16BrNO. The molecule has 0 atom stereocenters. The molecule has 0 saturated heterocycles. The second kappa shape index (κ2) is 6.53. The van der Waals surface area contributed by atoms with E-state index >= 15 is 0 Å². The van der Waals surface area contributed by atoms with Crippen LogP contribution in [0.15, 0.2) is 48.5 Å². The van der Waals surface area contributed by atoms with Gasteiger partial charge in [0.1, 0.15) is 0 Å². The number of carbonyl (C=O) groups is 1. The maximum absolute atomic E-state index is 12.1. The molecule has 0 heterocycles. The predicted molar refractivity (Wildman–Crippen MR) is 81.4 cm³/mol. The highest BCUT2D eigenvalue weighted by Gasteiger charge is 2.07. The molecule has 98 valence electrons. The Kier molecular flexibility index (Phi) is 4.74. The maximum atomic E-state index is 12.1. The highest BCUT2D eigenvalue weighted by molar-refractivity contribution is 9.08. The van der Waals surface area contributed by atoms with E-state index in [1.165, 1.54) is 5.56 Å². The highest BCUT2D eigenvalue weighted by Crippen LogP contribution is 2.10. The summed E-state index contributed by atoms with van der Waals surface area (Å²) in [6.45, 7) is 2.49. The maximum Gasteiger partial charge on any atom is 0.251 e. The molecule has 0 unspecified atom stereocenters. The van der Waals surface area contributed by atoms with Gasteiger partial charge >= 0.3 is 0 Å². The molecule has 3 heteroatoms. The van der Waals surface area contributed by atoms with Crippen molar-refractivity contribution in [3.63, 3.8) is 0 Å². The van der Waals surface area contributed by atoms with E-state index in [4.69, 9.17) is 0 Å². The van der Waals surface area contributed by atoms with Crippen molar-refractivity contribution >= 4 is 21.8 Å². The molecule has 0 bridgehead atoms. The smallest absolute Gasteiger partial charge is 0.251 e. The third-order valence-corrected chi connectivity index (χ3v) is 3.64. The van der Waals surface area contributed by atoms with Gasteiger partial charge in [-0.1, -0.05) is 58.4 Å². The molecule has 2 rings (SSSR count). The molecule has 0 spiro atoms. The molecule has 1 N–H and O–H groups in total. The van der Waals surface area contributed by atoms with Gasteiger partial charge < -0.3 is 5.32 Å². The Morgan fingerprint density at radius 1 is 1.11 bits per heavy atom. The average molecular weight is 318 g/mol. The summed E-state index contributed by atoms with van der Waals surface area (Å²) < 4.78 is 0. The second-order valence-electron chi connectivity index (χ2n) is 4.45. The van der Waals surface area contributed by atoms with Gasteiger partial charge in [0.2, 0.25) is 0 Å². The minimum absolute atomic E-state index is 0.0256. The van der Waals surface area contributed by atoms with Crippen molar-refractivity contribution < 1.29 is 4.79 Å². The largest absolute Gasteiger partial charge is 0.348 e. The van der Waals surface area contributed by atoms with Crippen LogP contribution in [-0.4, -0.2) is 5.91 Å². The summed E-state index contributed by atoms with van der Waals surface area (Å²) in [4.78, 5) is 12.1. The zero-order chi connectivity index (χ0) is 13.7. The lowest BCUT2D eigenvalue weighted by Crippen LogP contribution is -2.23. The van der Waals surface area contributed by atoms with Crippen molar-refractivity contribution in [2.24, 2.45) is 0 Å². The Morgan fingerprint density at radius 3 is 2.58 bits per heavy atom. The quantitative estimate of drug-likeness (QED) is 0.853. The van der Waals surface area contributed by atoms with Crippen molar-refractivity contribution in [2.75, 3.05) is 0 Å². The summed E-state index contributed by atoms with van der Waals surface area (Å²) >= 11 is 3.43. The van der Waals surface area contributed by atoms with Crippen molar-refractivity contribution in [3.05, 3.63) is 70.8 Å². The molecular weight excluding hydrogens is 302 g/mol. The number of carbonyl (C=O) groups excluding carboxylic acids is 1. The van der Waals surface area contributed by atoms with Crippen LogP contribution in [0.4, 0.5) is 0 Å². The molecule has 0 fully saturated rings. The highest BCUT2D eigenvalue weighted by atomic mass is 79.9. The van der Waals surface area contributed by atoms with Gasteiger partial charge in [0.05, 0.1) is 0 Å². The normalized spacial score (nSPS) is 10.2. The van der Waals surface area contributed by atoms with E-state index in [-0.39, 0.29) is 5.91 Å². The molecule has 1 amide bonds. The third-order valence-electron chi connectivity index (χ3n) is 2.99. The van der Waals surface area contributed by atoms with E-state index in [2.05, 4.69) is 33.4 Å². The lowest BCUT2D eigenvalue weighted by molar-refractivity contribution is 0.0950. The van der Waals surface area contributed by atoms with Crippen LogP contribution in [0.5, 0.6) is 0 Å². The van der Waals surface area contributed by atoms with Crippen LogP contribution < -0.4 is 5.32 Å². The van der Waals surface area contributed by atoms with Gasteiger partial charge in [-0.2, -0.15) is 0 Å². The number of halogens is 1. The van der Waals surface area contributed by atoms with Gasteiger partial charge in [-0.3, -0.25) is 4.79 Å². The first-order chi connectivity index (χ1) is 9.20. The van der Waals surface area contributed by atoms with E-state index < -0.39 is 0 Å². The lowest BCUT2D eigenvalue weighted by Gasteiger charge is -2.08. The fourth-order valence-electron chi connectivity index (χ4n) is 1.93. The minimum Gasteiger partial charge on any atom is -0.348 e. The molecule has 0 saturated carbocycles. The number of hydrogen-bond acceptors (Lipinski definition) is 1. The fraction of sp³-hybridized carbons (Fsp3) is 0.188. The van der Waals surface area contributed by atoms with Crippen LogP contribution in [0, 0.1) is 6.92 Å². The van der Waals surface area contributed by atoms with Crippen molar-refractivity contribution in [3.8, 4) is 0 Å². The molecule has 0 aliphatic heterocycles. The van der Waals surface area contributed by atoms with Crippen LogP contribution in [0.2, 0.25) is 0 Å². The first kappa shape index (κ1) is 13.8. The molecule has 2 aromatic rings. The number of nitrogens with one attached hydrogen (secondary N) is 1. The van der Waals surface area contributed by atoms with Crippen LogP contribution in [0.1, 0.15) is 27.0 Å². The summed E-state index contributed by atoms with van der Waals surface area (Å²) in [5, 5.41) is 3.78. The zero-order valence-corrected chi connectivity index (χ0v) is 12.4. The second-order valence-corrected chi connectivity index (χ2v) is 5.01. The van der Waals surface area contributed by atoms with Gasteiger partial charge in [-0.15, -0.1) is 0 Å². The molecule has 0 aliphatic rings. The predicted octanol–water partition coefficient (Wildman–Crippen LogP) is 3.82. The number of benzene rings is 2. The van der Waals surface area contributed by atoms with E-state index in [0.717, 1.165) is 22.0 Å². The standard InChI is InChI=1S/C16H16BrNO/c1-12-5-2-3-8-15(12)16(19)18-11-14-7-4-6-13(9-14)10-17/h2-9H,10-11H2,1H3,(H,18,19). The van der Waals surface area contributed by atoms with Gasteiger partial charge in [-0.05, 0) is 29.7 Å². The molecule has 19 heavy (non-hydrogen) atoms. The molecule has 2 aromatic carbocycles. The average Bonchev–Trinajstić information content (AvgIpc) is 2.45. The van der Waals surface area contributed by atoms with Crippen LogP contribution in [0.25, 0.3) is 0 Å². The monoisotopic (exact) mass is 317 g/mol. The van der Waals surface area contributed by atoms with Crippen molar-refractivity contribution in [1.82, 2.24) is 5.32 Å². The molecule has 2 nitrogen and oxygen atoms in total. The topological polar surface area (TPSA) is 29.1 Å². The first-order valence-corrected chi connectivity index (χ1v) is 7.30. The molecule has 0 radical (unpaired) electrons. The van der Waals surface area contributed by atoms with E-state index in [0.29, 0.717) is 6.54 Å². The number of alkyl halides is 1. The van der Waals surface area contributed by atoms with Crippen LogP contribution in [0.3, 0.4) is 0 Å². The van der Waals surface area contributed by atoms with Gasteiger partial charge in [0.15, 0.2) is 0 Å². The first-order valence-electron chi connectivity index (χ1n) is 6.18. The fourth-order valence-corrected chi connectivity index (χ4v) is 2.28. The Labute approximate surface area is 122 Å². The number of hydrogen-bond donors (Lipinski definition) is 1. The van der Waals surface area contributed by atoms with Gasteiger partial charge in [0.25, 0.3) is 5.91 Å². The Morgan fingerprint density at radius 2 is 1.84 bits per heavy atom. The van der Waals surface area contributed by atoms with Crippen LogP contribution in [-0.2, 0) is 11.9 Å².